The van der Waals surface area contributed by atoms with Crippen LogP contribution in [0.5, 0.6) is 0 Å². The van der Waals surface area contributed by atoms with Crippen molar-refractivity contribution in [2.24, 2.45) is 5.41 Å². The Morgan fingerprint density at radius 2 is 1.14 bits per heavy atom. The first kappa shape index (κ1) is 48.3. The molecule has 0 unspecified atom stereocenters. The summed E-state index contributed by atoms with van der Waals surface area (Å²) in [5.41, 5.74) is 27.8. The Hall–Kier alpha value is -7.74. The summed E-state index contributed by atoms with van der Waals surface area (Å²) in [5, 5.41) is 0. The Morgan fingerprint density at radius 1 is 0.521 bits per heavy atom. The molecular formula is C70H67N. The molecule has 0 radical (unpaired) electrons. The normalized spacial score (nSPS) is 21.5. The fourth-order valence-electron chi connectivity index (χ4n) is 12.1. The van der Waals surface area contributed by atoms with Gasteiger partial charge in [-0.05, 0) is 110 Å². The van der Waals surface area contributed by atoms with Crippen molar-refractivity contribution in [1.29, 1.82) is 0 Å². The van der Waals surface area contributed by atoms with E-state index in [9.17, 15) is 0 Å². The largest absolute Gasteiger partial charge is 0.398 e. The standard InChI is InChI=1S/C39H35N.C31H32/c1-3-5-7-9-17-28-38(27-16-8-6-4-2)31-21-12-14-23-33(31)39(34-24-15-13-22-32(34)38)30-20-11-10-19-29(30)37-35(39)25-18-26-36(37)40;1-7-9-10-14-24-21-23(13-8-2)28(30(24,3)4)19-22-17-18-26-25-15-11-12-16-27(25)31(5,6)29(26)20-22/h3-5,7,9-28H,2,6,8,40H2,1H3;7-20H,1-2,21H2,3-6H3/b5-3-,9-7-,27-16?,28-17+;10-9-,23-13-,24-14+,28-19+. The van der Waals surface area contributed by atoms with Gasteiger partial charge < -0.3 is 5.73 Å². The first-order valence-electron chi connectivity index (χ1n) is 25.2. The topological polar surface area (TPSA) is 26.0 Å². The summed E-state index contributed by atoms with van der Waals surface area (Å²) in [4.78, 5) is 0. The molecule has 0 atom stereocenters. The number of allylic oxidation sites excluding steroid dienone is 18. The third kappa shape index (κ3) is 8.18. The van der Waals surface area contributed by atoms with Gasteiger partial charge >= 0.3 is 0 Å². The molecule has 0 aliphatic heterocycles. The van der Waals surface area contributed by atoms with E-state index in [1.165, 1.54) is 83.5 Å². The third-order valence-corrected chi connectivity index (χ3v) is 15.4. The maximum absolute atomic E-state index is 6.73. The van der Waals surface area contributed by atoms with Crippen molar-refractivity contribution in [3.63, 3.8) is 0 Å². The molecule has 0 aromatic heterocycles. The molecule has 4 aliphatic carbocycles. The Balaban J connectivity index is 0.000000182. The average molecular weight is 922 g/mol. The van der Waals surface area contributed by atoms with Crippen LogP contribution in [0.15, 0.2) is 261 Å². The highest BCUT2D eigenvalue weighted by molar-refractivity contribution is 5.94. The quantitative estimate of drug-likeness (QED) is 0.0595. The van der Waals surface area contributed by atoms with Gasteiger partial charge in [0, 0.05) is 22.1 Å². The molecule has 0 bridgehead atoms. The zero-order valence-corrected chi connectivity index (χ0v) is 42.3. The van der Waals surface area contributed by atoms with Crippen molar-refractivity contribution < 1.29 is 0 Å². The number of hydrogen-bond acceptors (Lipinski definition) is 1. The van der Waals surface area contributed by atoms with Crippen LogP contribution in [-0.4, -0.2) is 0 Å². The number of rotatable bonds is 11. The lowest BCUT2D eigenvalue weighted by molar-refractivity contribution is 0.578. The summed E-state index contributed by atoms with van der Waals surface area (Å²) in [7, 11) is 0. The molecule has 1 saturated carbocycles. The molecule has 4 aliphatic rings. The summed E-state index contributed by atoms with van der Waals surface area (Å²) < 4.78 is 0. The van der Waals surface area contributed by atoms with Crippen molar-refractivity contribution in [2.75, 3.05) is 5.73 Å². The van der Waals surface area contributed by atoms with Crippen LogP contribution in [0.1, 0.15) is 104 Å². The van der Waals surface area contributed by atoms with E-state index in [0.717, 1.165) is 30.5 Å². The van der Waals surface area contributed by atoms with Crippen molar-refractivity contribution in [2.45, 2.75) is 70.1 Å². The second-order valence-electron chi connectivity index (χ2n) is 20.1. The second-order valence-corrected chi connectivity index (χ2v) is 20.1. The Kier molecular flexibility index (Phi) is 13.6. The molecular weight excluding hydrogens is 855 g/mol. The van der Waals surface area contributed by atoms with E-state index >= 15 is 0 Å². The van der Waals surface area contributed by atoms with Crippen LogP contribution < -0.4 is 5.73 Å². The maximum atomic E-state index is 6.73. The molecule has 71 heavy (non-hydrogen) atoms. The lowest BCUT2D eigenvalue weighted by Gasteiger charge is -2.47. The van der Waals surface area contributed by atoms with Crippen LogP contribution in [0, 0.1) is 5.41 Å². The van der Waals surface area contributed by atoms with Crippen LogP contribution in [0.3, 0.4) is 0 Å². The molecule has 10 rings (SSSR count). The van der Waals surface area contributed by atoms with E-state index in [2.05, 4.69) is 242 Å². The SMILES string of the molecule is C=C/C=C\C=C1/CC(=C/C=C)/C(=C\c2ccc3c(c2)C(C)(C)c2ccccc2-3)C1(C)C.C=CCCC=CC1(/C=C/C=C\C=C/C)c2ccccc2C2(c3ccccc3-c3c(N)cccc32)c2ccccc21. The molecule has 6 aromatic rings. The van der Waals surface area contributed by atoms with Gasteiger partial charge in [0.25, 0.3) is 0 Å². The van der Waals surface area contributed by atoms with Gasteiger partial charge in [-0.3, -0.25) is 0 Å². The van der Waals surface area contributed by atoms with E-state index < -0.39 is 10.8 Å². The fourth-order valence-corrected chi connectivity index (χ4v) is 12.1. The second kappa shape index (κ2) is 19.9. The Bertz CT molecular complexity index is 3260. The number of unbranched alkanes of at least 4 members (excludes halogenated alkanes) is 1. The van der Waals surface area contributed by atoms with E-state index in [1.807, 2.05) is 43.4 Å². The number of hydrogen-bond donors (Lipinski definition) is 1. The summed E-state index contributed by atoms with van der Waals surface area (Å²) in [5.74, 6) is 0. The number of fused-ring (bicyclic) bond motifs is 12. The van der Waals surface area contributed by atoms with Gasteiger partial charge in [-0.15, -0.1) is 6.58 Å². The molecule has 1 spiro atoms. The Labute approximate surface area is 424 Å². The van der Waals surface area contributed by atoms with Gasteiger partial charge in [0.2, 0.25) is 0 Å². The molecule has 1 heteroatoms. The summed E-state index contributed by atoms with van der Waals surface area (Å²) >= 11 is 0. The van der Waals surface area contributed by atoms with Gasteiger partial charge in [0.1, 0.15) is 0 Å². The summed E-state index contributed by atoms with van der Waals surface area (Å²) in [6.45, 7) is 23.0. The Morgan fingerprint density at radius 3 is 1.82 bits per heavy atom. The third-order valence-electron chi connectivity index (χ3n) is 15.4. The number of nitrogen functional groups attached to an aromatic ring is 1. The van der Waals surface area contributed by atoms with Crippen LogP contribution in [-0.2, 0) is 16.2 Å². The average Bonchev–Trinajstić information content (AvgIpc) is 3.91. The van der Waals surface area contributed by atoms with E-state index in [0.29, 0.717) is 0 Å². The minimum absolute atomic E-state index is 0.0198. The van der Waals surface area contributed by atoms with Gasteiger partial charge in [-0.1, -0.05) is 271 Å². The molecule has 1 nitrogen and oxygen atoms in total. The number of anilines is 1. The van der Waals surface area contributed by atoms with Gasteiger partial charge in [0.15, 0.2) is 0 Å². The number of nitrogens with two attached hydrogens (primary N) is 1. The monoisotopic (exact) mass is 922 g/mol. The van der Waals surface area contributed by atoms with Gasteiger partial charge in [0.05, 0.1) is 10.8 Å². The molecule has 0 heterocycles. The summed E-state index contributed by atoms with van der Waals surface area (Å²) in [6.07, 6.45) is 37.0. The number of benzene rings is 6. The predicted octanol–water partition coefficient (Wildman–Crippen LogP) is 18.0. The van der Waals surface area contributed by atoms with Gasteiger partial charge in [-0.25, -0.2) is 0 Å². The first-order valence-corrected chi connectivity index (χ1v) is 25.2. The smallest absolute Gasteiger partial charge is 0.0720 e. The highest BCUT2D eigenvalue weighted by Crippen LogP contribution is 2.63. The van der Waals surface area contributed by atoms with Crippen molar-refractivity contribution >= 4 is 11.8 Å². The highest BCUT2D eigenvalue weighted by Gasteiger charge is 2.54. The highest BCUT2D eigenvalue weighted by atomic mass is 14.6. The zero-order chi connectivity index (χ0) is 49.8. The zero-order valence-electron chi connectivity index (χ0n) is 42.3. The molecule has 6 aromatic carbocycles. The molecule has 0 saturated heterocycles. The van der Waals surface area contributed by atoms with Crippen LogP contribution in [0.4, 0.5) is 5.69 Å². The van der Waals surface area contributed by atoms with Crippen LogP contribution in [0.25, 0.3) is 28.3 Å². The van der Waals surface area contributed by atoms with E-state index in [-0.39, 0.29) is 10.8 Å². The minimum Gasteiger partial charge on any atom is -0.398 e. The fraction of sp³-hybridized carbons (Fsp3) is 0.171. The van der Waals surface area contributed by atoms with Crippen LogP contribution >= 0.6 is 0 Å². The lowest BCUT2D eigenvalue weighted by atomic mass is 9.54. The maximum Gasteiger partial charge on any atom is 0.0720 e. The van der Waals surface area contributed by atoms with Crippen LogP contribution in [0.2, 0.25) is 0 Å². The minimum atomic E-state index is -0.457. The predicted molar refractivity (Wildman–Crippen MR) is 307 cm³/mol. The lowest BCUT2D eigenvalue weighted by Crippen LogP contribution is -2.41. The molecule has 1 fully saturated rings. The molecule has 2 N–H and O–H groups in total. The molecule has 352 valence electrons. The summed E-state index contributed by atoms with van der Waals surface area (Å²) in [6, 6.07) is 49.0. The first-order chi connectivity index (χ1) is 34.5. The van der Waals surface area contributed by atoms with Gasteiger partial charge in [-0.2, -0.15) is 0 Å². The van der Waals surface area contributed by atoms with Crippen molar-refractivity contribution in [1.82, 2.24) is 0 Å². The van der Waals surface area contributed by atoms with E-state index in [4.69, 9.17) is 5.73 Å². The van der Waals surface area contributed by atoms with Crippen molar-refractivity contribution in [3.05, 3.63) is 311 Å². The van der Waals surface area contributed by atoms with E-state index in [1.54, 1.807) is 0 Å². The molecule has 0 amide bonds. The van der Waals surface area contributed by atoms with Crippen molar-refractivity contribution in [3.8, 4) is 22.3 Å².